The molecule has 0 aliphatic rings. The second kappa shape index (κ2) is 7.15. The molecule has 0 aliphatic carbocycles. The summed E-state index contributed by atoms with van der Waals surface area (Å²) in [6, 6.07) is 10.9. The third-order valence-corrected chi connectivity index (χ3v) is 2.62. The summed E-state index contributed by atoms with van der Waals surface area (Å²) in [5, 5.41) is 8.35. The van der Waals surface area contributed by atoms with Gasteiger partial charge >= 0.3 is 0 Å². The van der Waals surface area contributed by atoms with Crippen LogP contribution in [0.5, 0.6) is 0 Å². The number of nitriles is 1. The third kappa shape index (κ3) is 3.54. The van der Waals surface area contributed by atoms with E-state index in [4.69, 9.17) is 16.9 Å². The van der Waals surface area contributed by atoms with Crippen LogP contribution in [0.2, 0.25) is 0 Å². The van der Waals surface area contributed by atoms with Gasteiger partial charge in [-0.3, -0.25) is 4.79 Å². The van der Waals surface area contributed by atoms with Crippen LogP contribution in [0.15, 0.2) is 72.9 Å². The molecule has 1 aromatic rings. The van der Waals surface area contributed by atoms with Gasteiger partial charge in [-0.2, -0.15) is 5.26 Å². The molecule has 0 spiro atoms. The number of rotatable bonds is 5. The van der Waals surface area contributed by atoms with Crippen LogP contribution in [0.1, 0.15) is 5.56 Å². The van der Waals surface area contributed by atoms with E-state index in [0.717, 1.165) is 5.56 Å². The summed E-state index contributed by atoms with van der Waals surface area (Å²) in [4.78, 5) is 11.4. The maximum Gasteiger partial charge on any atom is 0.263 e. The van der Waals surface area contributed by atoms with E-state index in [1.165, 1.54) is 0 Å². The molecule has 1 rings (SSSR count). The van der Waals surface area contributed by atoms with Crippen LogP contribution in [0, 0.1) is 11.3 Å². The van der Waals surface area contributed by atoms with Gasteiger partial charge in [0.05, 0.1) is 0 Å². The Hall–Kier alpha value is -2.37. The summed E-state index contributed by atoms with van der Waals surface area (Å²) in [6.45, 7) is 7.29. The first-order valence-corrected chi connectivity index (χ1v) is 5.88. The minimum absolute atomic E-state index is 0.110. The minimum Gasteiger partial charge on any atom is -0.275 e. The molecule has 19 heavy (non-hydrogen) atoms. The standard InChI is InChI=1S/C16H12ClNO/c1-3-8-12(4-2)15(14(11-18)16(17)19)13-9-6-5-7-10-13/h3-10H,1-2H2/b12-8+,15-14+. The number of allylic oxidation sites excluding steroid dienone is 6. The quantitative estimate of drug-likeness (QED) is 0.350. The summed E-state index contributed by atoms with van der Waals surface area (Å²) in [6.07, 6.45) is 4.79. The summed E-state index contributed by atoms with van der Waals surface area (Å²) in [5.41, 5.74) is 1.69. The molecule has 0 aliphatic heterocycles. The van der Waals surface area contributed by atoms with E-state index in [2.05, 4.69) is 13.2 Å². The normalized spacial score (nSPS) is 12.1. The zero-order valence-electron chi connectivity index (χ0n) is 10.3. The molecule has 0 N–H and O–H groups in total. The molecule has 0 unspecified atom stereocenters. The van der Waals surface area contributed by atoms with Gasteiger partial charge in [0.2, 0.25) is 0 Å². The van der Waals surface area contributed by atoms with Crippen molar-refractivity contribution in [2.24, 2.45) is 0 Å². The monoisotopic (exact) mass is 269 g/mol. The molecule has 94 valence electrons. The van der Waals surface area contributed by atoms with Crippen molar-refractivity contribution >= 4 is 22.4 Å². The van der Waals surface area contributed by atoms with Crippen molar-refractivity contribution in [3.05, 3.63) is 78.4 Å². The van der Waals surface area contributed by atoms with Crippen LogP contribution < -0.4 is 0 Å². The van der Waals surface area contributed by atoms with Crippen molar-refractivity contribution in [1.82, 2.24) is 0 Å². The van der Waals surface area contributed by atoms with Crippen LogP contribution in [-0.4, -0.2) is 5.24 Å². The molecule has 0 atom stereocenters. The molecule has 0 fully saturated rings. The SMILES string of the molecule is C=C/C=C(C=C)/C(=C(/C#N)C(=O)Cl)c1ccccc1. The van der Waals surface area contributed by atoms with E-state index < -0.39 is 5.24 Å². The maximum atomic E-state index is 11.4. The highest BCUT2D eigenvalue weighted by Gasteiger charge is 2.16. The first-order valence-electron chi connectivity index (χ1n) is 5.50. The fraction of sp³-hybridized carbons (Fsp3) is 0. The lowest BCUT2D eigenvalue weighted by Gasteiger charge is -2.10. The lowest BCUT2D eigenvalue weighted by Crippen LogP contribution is -1.99. The topological polar surface area (TPSA) is 40.9 Å². The van der Waals surface area contributed by atoms with Gasteiger partial charge < -0.3 is 0 Å². The second-order valence-electron chi connectivity index (χ2n) is 3.56. The number of nitrogens with zero attached hydrogens (tertiary/aromatic N) is 1. The number of halogens is 1. The summed E-state index contributed by atoms with van der Waals surface area (Å²) < 4.78 is 0. The van der Waals surface area contributed by atoms with E-state index in [9.17, 15) is 4.79 Å². The zero-order chi connectivity index (χ0) is 14.3. The average molecular weight is 270 g/mol. The van der Waals surface area contributed by atoms with Crippen molar-refractivity contribution in [2.45, 2.75) is 0 Å². The fourth-order valence-corrected chi connectivity index (χ4v) is 1.78. The average Bonchev–Trinajstić information content (AvgIpc) is 2.43. The number of hydrogen-bond acceptors (Lipinski definition) is 2. The van der Waals surface area contributed by atoms with Gasteiger partial charge in [0.15, 0.2) is 0 Å². The predicted octanol–water partition coefficient (Wildman–Crippen LogP) is 4.03. The first-order chi connectivity index (χ1) is 9.15. The molecular weight excluding hydrogens is 258 g/mol. The Bertz CT molecular complexity index is 603. The van der Waals surface area contributed by atoms with Gasteiger partial charge in [-0.25, -0.2) is 0 Å². The Kier molecular flexibility index (Phi) is 5.53. The van der Waals surface area contributed by atoms with E-state index >= 15 is 0 Å². The van der Waals surface area contributed by atoms with Crippen LogP contribution >= 0.6 is 11.6 Å². The smallest absolute Gasteiger partial charge is 0.263 e. The Morgan fingerprint density at radius 1 is 1.26 bits per heavy atom. The Balaban J connectivity index is 3.66. The molecule has 3 heteroatoms. The number of carbonyl (C=O) groups is 1. The Morgan fingerprint density at radius 3 is 2.32 bits per heavy atom. The van der Waals surface area contributed by atoms with E-state index in [1.807, 2.05) is 24.3 Å². The van der Waals surface area contributed by atoms with Gasteiger partial charge in [0.25, 0.3) is 5.24 Å². The van der Waals surface area contributed by atoms with Gasteiger partial charge in [-0.05, 0) is 22.7 Å². The second-order valence-corrected chi connectivity index (χ2v) is 3.91. The van der Waals surface area contributed by atoms with Crippen molar-refractivity contribution in [2.75, 3.05) is 0 Å². The van der Waals surface area contributed by atoms with E-state index in [1.54, 1.807) is 30.4 Å². The Morgan fingerprint density at radius 2 is 1.89 bits per heavy atom. The molecule has 0 saturated heterocycles. The molecule has 0 bridgehead atoms. The summed E-state index contributed by atoms with van der Waals surface area (Å²) in [5.74, 6) is 0. The lowest BCUT2D eigenvalue weighted by molar-refractivity contribution is -0.108. The van der Waals surface area contributed by atoms with Crippen molar-refractivity contribution in [3.63, 3.8) is 0 Å². The summed E-state index contributed by atoms with van der Waals surface area (Å²) in [7, 11) is 0. The molecule has 0 heterocycles. The molecule has 0 radical (unpaired) electrons. The van der Waals surface area contributed by atoms with Crippen molar-refractivity contribution in [3.8, 4) is 6.07 Å². The van der Waals surface area contributed by atoms with Crippen LogP contribution in [0.3, 0.4) is 0 Å². The van der Waals surface area contributed by atoms with Crippen LogP contribution in [0.25, 0.3) is 5.57 Å². The molecular formula is C16H12ClNO. The molecule has 0 aromatic heterocycles. The zero-order valence-corrected chi connectivity index (χ0v) is 11.0. The molecule has 1 aromatic carbocycles. The molecule has 0 amide bonds. The van der Waals surface area contributed by atoms with Gasteiger partial charge in [-0.15, -0.1) is 0 Å². The lowest BCUT2D eigenvalue weighted by atomic mass is 9.93. The highest BCUT2D eigenvalue weighted by molar-refractivity contribution is 6.69. The largest absolute Gasteiger partial charge is 0.275 e. The number of carbonyl (C=O) groups excluding carboxylic acids is 1. The number of benzene rings is 1. The first kappa shape index (κ1) is 14.7. The Labute approximate surface area is 117 Å². The van der Waals surface area contributed by atoms with Gasteiger partial charge in [0, 0.05) is 5.57 Å². The third-order valence-electron chi connectivity index (χ3n) is 2.43. The minimum atomic E-state index is -0.793. The highest BCUT2D eigenvalue weighted by atomic mass is 35.5. The predicted molar refractivity (Wildman–Crippen MR) is 78.3 cm³/mol. The maximum absolute atomic E-state index is 11.4. The van der Waals surface area contributed by atoms with E-state index in [-0.39, 0.29) is 5.57 Å². The van der Waals surface area contributed by atoms with Crippen LogP contribution in [-0.2, 0) is 4.79 Å². The van der Waals surface area contributed by atoms with Gasteiger partial charge in [-0.1, -0.05) is 61.7 Å². The number of hydrogen-bond donors (Lipinski definition) is 0. The molecule has 0 saturated carbocycles. The van der Waals surface area contributed by atoms with E-state index in [0.29, 0.717) is 11.1 Å². The van der Waals surface area contributed by atoms with Crippen molar-refractivity contribution in [1.29, 1.82) is 5.26 Å². The van der Waals surface area contributed by atoms with Gasteiger partial charge in [0.1, 0.15) is 11.6 Å². The molecule has 2 nitrogen and oxygen atoms in total. The highest BCUT2D eigenvalue weighted by Crippen LogP contribution is 2.28. The van der Waals surface area contributed by atoms with Crippen LogP contribution in [0.4, 0.5) is 0 Å². The van der Waals surface area contributed by atoms with Crippen molar-refractivity contribution < 1.29 is 4.79 Å². The fourth-order valence-electron chi connectivity index (χ4n) is 1.64. The summed E-state index contributed by atoms with van der Waals surface area (Å²) >= 11 is 5.48.